The number of nitrogens with one attached hydrogen (secondary N) is 1. The van der Waals surface area contributed by atoms with Crippen molar-refractivity contribution in [3.63, 3.8) is 0 Å². The smallest absolute Gasteiger partial charge is 0.366 e. The molecule has 12 nitrogen and oxygen atoms in total. The lowest BCUT2D eigenvalue weighted by Gasteiger charge is -2.14. The maximum absolute atomic E-state index is 13.9. The van der Waals surface area contributed by atoms with E-state index >= 15 is 0 Å². The predicted octanol–water partition coefficient (Wildman–Crippen LogP) is 3.55. The van der Waals surface area contributed by atoms with Crippen molar-refractivity contribution in [1.29, 1.82) is 5.26 Å². The molecule has 5 rings (SSSR count). The number of nitriles is 1. The molecule has 2 aromatic carbocycles. The fraction of sp³-hybridized carbons (Fsp3) is 0.143. The van der Waals surface area contributed by atoms with Gasteiger partial charge in [0.2, 0.25) is 5.76 Å². The number of fused-ring (bicyclic) bond motifs is 1. The highest BCUT2D eigenvalue weighted by Gasteiger charge is 2.36. The van der Waals surface area contributed by atoms with Crippen LogP contribution < -0.4 is 22.2 Å². The SMILES string of the molecule is CCn1c2c(C(=O)Nc3ccc(F)c(C(N)=O)c3)nc(C(F)(F)F)cc2c(=O)n1-c1ccc(-c2c(C#N)on(C)c2=O)cc1. The number of aryl methyl sites for hydroxylation is 2. The molecule has 0 aliphatic heterocycles. The lowest BCUT2D eigenvalue weighted by atomic mass is 10.1. The molecule has 0 spiro atoms. The van der Waals surface area contributed by atoms with Crippen LogP contribution in [-0.4, -0.2) is 30.9 Å². The van der Waals surface area contributed by atoms with Gasteiger partial charge in [0.05, 0.1) is 16.6 Å². The van der Waals surface area contributed by atoms with Gasteiger partial charge in [-0.2, -0.15) is 23.2 Å². The maximum atomic E-state index is 13.9. The van der Waals surface area contributed by atoms with Gasteiger partial charge in [-0.3, -0.25) is 23.9 Å². The quantitative estimate of drug-likeness (QED) is 0.277. The molecule has 3 N–H and O–H groups in total. The third kappa shape index (κ3) is 4.89. The van der Waals surface area contributed by atoms with Gasteiger partial charge in [0.1, 0.15) is 28.7 Å². The number of rotatable bonds is 6. The largest absolute Gasteiger partial charge is 0.433 e. The van der Waals surface area contributed by atoms with Crippen LogP contribution in [0.3, 0.4) is 0 Å². The van der Waals surface area contributed by atoms with Crippen LogP contribution >= 0.6 is 0 Å². The Morgan fingerprint density at radius 2 is 1.77 bits per heavy atom. The number of primary amides is 1. The molecule has 0 aliphatic carbocycles. The van der Waals surface area contributed by atoms with Crippen molar-refractivity contribution in [2.24, 2.45) is 12.8 Å². The number of amides is 2. The van der Waals surface area contributed by atoms with Crippen LogP contribution in [0.5, 0.6) is 0 Å². The number of nitrogens with two attached hydrogens (primary N) is 1. The molecule has 0 radical (unpaired) electrons. The zero-order chi connectivity index (χ0) is 32.1. The molecule has 44 heavy (non-hydrogen) atoms. The molecule has 0 saturated carbocycles. The molecule has 224 valence electrons. The highest BCUT2D eigenvalue weighted by Crippen LogP contribution is 2.32. The summed E-state index contributed by atoms with van der Waals surface area (Å²) in [5.41, 5.74) is 0.799. The summed E-state index contributed by atoms with van der Waals surface area (Å²) in [6, 6.07) is 10.8. The summed E-state index contributed by atoms with van der Waals surface area (Å²) in [4.78, 5) is 54.5. The van der Waals surface area contributed by atoms with Crippen LogP contribution in [0.15, 0.2) is 62.6 Å². The van der Waals surface area contributed by atoms with Crippen molar-refractivity contribution in [2.45, 2.75) is 19.6 Å². The molecule has 2 amide bonds. The fourth-order valence-corrected chi connectivity index (χ4v) is 4.71. The van der Waals surface area contributed by atoms with Crippen LogP contribution in [0, 0.1) is 17.1 Å². The minimum Gasteiger partial charge on any atom is -0.366 e. The van der Waals surface area contributed by atoms with Crippen LogP contribution in [-0.2, 0) is 19.8 Å². The highest BCUT2D eigenvalue weighted by molar-refractivity contribution is 6.11. The summed E-state index contributed by atoms with van der Waals surface area (Å²) < 4.78 is 63.8. The standard InChI is InChI=1S/C28H19F4N7O5/c1-3-38-23-17(26(42)39(38)15-7-4-13(5-8-15)21-19(12-33)44-37(2)27(21)43)11-20(28(30,31)32)36-22(23)25(41)35-14-6-9-18(29)16(10-14)24(34)40/h4-11H,3H2,1-2H3,(H2,34,40)(H,35,41). The number of halogens is 4. The minimum atomic E-state index is -5.04. The molecule has 16 heteroatoms. The monoisotopic (exact) mass is 609 g/mol. The van der Waals surface area contributed by atoms with E-state index in [0.717, 1.165) is 27.6 Å². The Hall–Kier alpha value is -5.98. The molecule has 5 aromatic rings. The number of hydrogen-bond donors (Lipinski definition) is 2. The minimum absolute atomic E-state index is 0.0168. The third-order valence-electron chi connectivity index (χ3n) is 6.67. The van der Waals surface area contributed by atoms with Gasteiger partial charge in [-0.15, -0.1) is 0 Å². The van der Waals surface area contributed by atoms with E-state index in [-0.39, 0.29) is 40.3 Å². The molecular weight excluding hydrogens is 590 g/mol. The van der Waals surface area contributed by atoms with Crippen molar-refractivity contribution in [2.75, 3.05) is 5.32 Å². The summed E-state index contributed by atoms with van der Waals surface area (Å²) in [5.74, 6) is -3.54. The lowest BCUT2D eigenvalue weighted by Crippen LogP contribution is -2.21. The average molecular weight is 609 g/mol. The van der Waals surface area contributed by atoms with Gasteiger partial charge < -0.3 is 15.6 Å². The van der Waals surface area contributed by atoms with Crippen molar-refractivity contribution >= 4 is 28.4 Å². The molecule has 0 atom stereocenters. The van der Waals surface area contributed by atoms with E-state index in [2.05, 4.69) is 10.3 Å². The van der Waals surface area contributed by atoms with Crippen molar-refractivity contribution in [1.82, 2.24) is 19.1 Å². The first kappa shape index (κ1) is 29.5. The molecule has 0 fully saturated rings. The van der Waals surface area contributed by atoms with Gasteiger partial charge in [-0.25, -0.2) is 14.1 Å². The van der Waals surface area contributed by atoms with Crippen LogP contribution in [0.25, 0.3) is 27.7 Å². The summed E-state index contributed by atoms with van der Waals surface area (Å²) in [5, 5.41) is 11.1. The predicted molar refractivity (Wildman–Crippen MR) is 147 cm³/mol. The maximum Gasteiger partial charge on any atom is 0.433 e. The Kier molecular flexibility index (Phi) is 7.17. The number of benzene rings is 2. The first-order valence-electron chi connectivity index (χ1n) is 12.6. The van der Waals surface area contributed by atoms with Gasteiger partial charge in [0.25, 0.3) is 22.9 Å². The Morgan fingerprint density at radius 3 is 2.36 bits per heavy atom. The number of anilines is 1. The number of alkyl halides is 3. The fourth-order valence-electron chi connectivity index (χ4n) is 4.71. The molecule has 0 unspecified atom stereocenters. The highest BCUT2D eigenvalue weighted by atomic mass is 19.4. The van der Waals surface area contributed by atoms with E-state index in [1.165, 1.54) is 36.0 Å². The molecular formula is C28H19F4N7O5. The zero-order valence-electron chi connectivity index (χ0n) is 22.7. The summed E-state index contributed by atoms with van der Waals surface area (Å²) >= 11 is 0. The van der Waals surface area contributed by atoms with Gasteiger partial charge in [-0.05, 0) is 48.9 Å². The van der Waals surface area contributed by atoms with Gasteiger partial charge in [-0.1, -0.05) is 12.1 Å². The molecule has 0 bridgehead atoms. The molecule has 0 aliphatic rings. The van der Waals surface area contributed by atoms with Crippen molar-refractivity contribution < 1.29 is 31.7 Å². The van der Waals surface area contributed by atoms with Crippen molar-refractivity contribution in [3.8, 4) is 22.9 Å². The first-order chi connectivity index (χ1) is 20.8. The van der Waals surface area contributed by atoms with Gasteiger partial charge >= 0.3 is 6.18 Å². The number of aromatic nitrogens is 4. The number of pyridine rings is 1. The van der Waals surface area contributed by atoms with Crippen LogP contribution in [0.1, 0.15) is 39.2 Å². The Labute approximate surface area is 243 Å². The topological polar surface area (TPSA) is 171 Å². The van der Waals surface area contributed by atoms with E-state index in [1.54, 1.807) is 13.0 Å². The van der Waals surface area contributed by atoms with E-state index in [4.69, 9.17) is 10.3 Å². The Bertz CT molecular complexity index is 2150. The number of carbonyl (C=O) groups excluding carboxylic acids is 2. The summed E-state index contributed by atoms with van der Waals surface area (Å²) in [6.07, 6.45) is -5.04. The summed E-state index contributed by atoms with van der Waals surface area (Å²) in [6.45, 7) is 1.56. The van der Waals surface area contributed by atoms with Crippen LogP contribution in [0.4, 0.5) is 23.2 Å². The van der Waals surface area contributed by atoms with E-state index in [1.807, 2.05) is 0 Å². The average Bonchev–Trinajstić information content (AvgIpc) is 3.44. The number of carbonyl (C=O) groups is 2. The summed E-state index contributed by atoms with van der Waals surface area (Å²) in [7, 11) is 1.32. The molecule has 3 aromatic heterocycles. The molecule has 0 saturated heterocycles. The lowest BCUT2D eigenvalue weighted by molar-refractivity contribution is -0.141. The number of hydrogen-bond acceptors (Lipinski definition) is 7. The zero-order valence-corrected chi connectivity index (χ0v) is 22.7. The van der Waals surface area contributed by atoms with Crippen LogP contribution in [0.2, 0.25) is 0 Å². The Morgan fingerprint density at radius 1 is 1.09 bits per heavy atom. The normalized spacial score (nSPS) is 11.5. The van der Waals surface area contributed by atoms with E-state index < -0.39 is 57.3 Å². The second-order valence-corrected chi connectivity index (χ2v) is 9.35. The Balaban J connectivity index is 1.69. The first-order valence-corrected chi connectivity index (χ1v) is 12.6. The van der Waals surface area contributed by atoms with E-state index in [9.17, 15) is 42.0 Å². The third-order valence-corrected chi connectivity index (χ3v) is 6.67. The van der Waals surface area contributed by atoms with Gasteiger partial charge in [0, 0.05) is 19.3 Å². The molecule has 3 heterocycles. The van der Waals surface area contributed by atoms with Crippen molar-refractivity contribution in [3.05, 3.63) is 97.8 Å². The number of nitrogens with zero attached hydrogens (tertiary/aromatic N) is 5. The second-order valence-electron chi connectivity index (χ2n) is 9.35. The van der Waals surface area contributed by atoms with E-state index in [0.29, 0.717) is 6.07 Å². The van der Waals surface area contributed by atoms with Gasteiger partial charge in [0.15, 0.2) is 5.69 Å². The second kappa shape index (κ2) is 10.7.